The van der Waals surface area contributed by atoms with Gasteiger partial charge in [0.05, 0.1) is 12.2 Å². The van der Waals surface area contributed by atoms with E-state index in [4.69, 9.17) is 10.00 Å². The van der Waals surface area contributed by atoms with Crippen LogP contribution in [-0.2, 0) is 4.74 Å². The van der Waals surface area contributed by atoms with Gasteiger partial charge in [0.1, 0.15) is 5.54 Å². The molecule has 1 aliphatic carbocycles. The molecule has 2 atom stereocenters. The summed E-state index contributed by atoms with van der Waals surface area (Å²) in [7, 11) is 1.85. The van der Waals surface area contributed by atoms with Crippen LogP contribution in [0.5, 0.6) is 0 Å². The van der Waals surface area contributed by atoms with E-state index in [1.165, 1.54) is 0 Å². The molecule has 0 aromatic heterocycles. The van der Waals surface area contributed by atoms with Gasteiger partial charge < -0.3 is 10.1 Å². The van der Waals surface area contributed by atoms with Crippen LogP contribution in [0.4, 0.5) is 0 Å². The van der Waals surface area contributed by atoms with Crippen LogP contribution < -0.4 is 5.32 Å². The molecular formula is C10H18N2O. The number of hydrogen-bond acceptors (Lipinski definition) is 3. The van der Waals surface area contributed by atoms with E-state index in [-0.39, 0.29) is 11.6 Å². The zero-order valence-corrected chi connectivity index (χ0v) is 8.47. The first-order valence-electron chi connectivity index (χ1n) is 4.98. The molecule has 13 heavy (non-hydrogen) atoms. The van der Waals surface area contributed by atoms with Crippen LogP contribution in [0.1, 0.15) is 32.6 Å². The molecule has 74 valence electrons. The zero-order valence-electron chi connectivity index (χ0n) is 8.47. The first-order valence-corrected chi connectivity index (χ1v) is 4.98. The van der Waals surface area contributed by atoms with Gasteiger partial charge in [0.15, 0.2) is 0 Å². The largest absolute Gasteiger partial charge is 0.378 e. The van der Waals surface area contributed by atoms with Crippen LogP contribution in [0.2, 0.25) is 0 Å². The van der Waals surface area contributed by atoms with Crippen molar-refractivity contribution in [3.05, 3.63) is 0 Å². The summed E-state index contributed by atoms with van der Waals surface area (Å²) in [5.41, 5.74) is -0.321. The number of ether oxygens (including phenoxy) is 1. The Hall–Kier alpha value is -0.590. The summed E-state index contributed by atoms with van der Waals surface area (Å²) in [5, 5.41) is 12.1. The smallest absolute Gasteiger partial charge is 0.109 e. The van der Waals surface area contributed by atoms with Crippen molar-refractivity contribution in [2.24, 2.45) is 0 Å². The minimum Gasteiger partial charge on any atom is -0.378 e. The Balaban J connectivity index is 2.39. The van der Waals surface area contributed by atoms with E-state index in [9.17, 15) is 0 Å². The molecule has 0 bridgehead atoms. The summed E-state index contributed by atoms with van der Waals surface area (Å²) in [5.74, 6) is 0. The van der Waals surface area contributed by atoms with Crippen molar-refractivity contribution >= 4 is 0 Å². The van der Waals surface area contributed by atoms with Gasteiger partial charge in [-0.25, -0.2) is 0 Å². The number of hydrogen-bond donors (Lipinski definition) is 1. The molecule has 1 saturated carbocycles. The fraction of sp³-hybridized carbons (Fsp3) is 0.900. The Morgan fingerprint density at radius 2 is 2.46 bits per heavy atom. The van der Waals surface area contributed by atoms with Crippen LogP contribution in [0, 0.1) is 11.3 Å². The Labute approximate surface area is 80.1 Å². The fourth-order valence-electron chi connectivity index (χ4n) is 1.81. The highest BCUT2D eigenvalue weighted by Crippen LogP contribution is 2.31. The van der Waals surface area contributed by atoms with Gasteiger partial charge in [0.2, 0.25) is 0 Å². The molecule has 3 heteroatoms. The van der Waals surface area contributed by atoms with Gasteiger partial charge in [-0.15, -0.1) is 0 Å². The third kappa shape index (κ3) is 2.43. The molecule has 1 fully saturated rings. The molecule has 0 aliphatic heterocycles. The van der Waals surface area contributed by atoms with E-state index < -0.39 is 0 Å². The highest BCUT2D eigenvalue weighted by molar-refractivity contribution is 5.11. The topological polar surface area (TPSA) is 45.0 Å². The van der Waals surface area contributed by atoms with Crippen molar-refractivity contribution in [2.45, 2.75) is 44.2 Å². The molecule has 0 radical (unpaired) electrons. The summed E-state index contributed by atoms with van der Waals surface area (Å²) in [6.45, 7) is 2.92. The maximum absolute atomic E-state index is 8.99. The lowest BCUT2D eigenvalue weighted by molar-refractivity contribution is 0.0554. The van der Waals surface area contributed by atoms with E-state index in [0.717, 1.165) is 32.3 Å². The van der Waals surface area contributed by atoms with Crippen molar-refractivity contribution in [3.63, 3.8) is 0 Å². The highest BCUT2D eigenvalue weighted by Gasteiger charge is 2.38. The van der Waals surface area contributed by atoms with Crippen LogP contribution in [-0.4, -0.2) is 25.3 Å². The number of nitrogens with one attached hydrogen (secondary N) is 1. The van der Waals surface area contributed by atoms with Gasteiger partial charge in [0, 0.05) is 13.0 Å². The van der Waals surface area contributed by atoms with E-state index in [0.29, 0.717) is 0 Å². The predicted octanol–water partition coefficient (Wildman–Crippen LogP) is 1.45. The molecular weight excluding hydrogens is 164 g/mol. The van der Waals surface area contributed by atoms with Crippen LogP contribution in [0.15, 0.2) is 0 Å². The molecule has 0 aromatic rings. The molecule has 3 nitrogen and oxygen atoms in total. The van der Waals surface area contributed by atoms with Gasteiger partial charge in [0.25, 0.3) is 0 Å². The summed E-state index contributed by atoms with van der Waals surface area (Å²) in [6.07, 6.45) is 4.09. The quantitative estimate of drug-likeness (QED) is 0.715. The molecule has 0 aromatic carbocycles. The van der Waals surface area contributed by atoms with Crippen LogP contribution in [0.25, 0.3) is 0 Å². The predicted molar refractivity (Wildman–Crippen MR) is 51.3 cm³/mol. The second kappa shape index (κ2) is 4.59. The molecule has 0 spiro atoms. The van der Waals surface area contributed by atoms with Crippen molar-refractivity contribution in [1.82, 2.24) is 5.32 Å². The Morgan fingerprint density at radius 3 is 2.92 bits per heavy atom. The Bertz CT molecular complexity index is 200. The average Bonchev–Trinajstić information content (AvgIpc) is 2.59. The van der Waals surface area contributed by atoms with E-state index >= 15 is 0 Å². The Morgan fingerprint density at radius 1 is 1.69 bits per heavy atom. The first kappa shape index (κ1) is 10.5. The fourth-order valence-corrected chi connectivity index (χ4v) is 1.81. The van der Waals surface area contributed by atoms with Gasteiger partial charge >= 0.3 is 0 Å². The molecule has 1 aliphatic rings. The molecule has 2 unspecified atom stereocenters. The maximum Gasteiger partial charge on any atom is 0.109 e. The minimum atomic E-state index is -0.321. The van der Waals surface area contributed by atoms with E-state index in [2.05, 4.69) is 18.3 Å². The minimum absolute atomic E-state index is 0.284. The van der Waals surface area contributed by atoms with Gasteiger partial charge in [-0.2, -0.15) is 5.26 Å². The second-order valence-electron chi connectivity index (χ2n) is 3.68. The second-order valence-corrected chi connectivity index (χ2v) is 3.68. The lowest BCUT2D eigenvalue weighted by Crippen LogP contribution is -2.39. The van der Waals surface area contributed by atoms with E-state index in [1.54, 1.807) is 0 Å². The summed E-state index contributed by atoms with van der Waals surface area (Å²) in [4.78, 5) is 0. The SMILES string of the molecule is CCCOC1CCC(C#N)(NC)C1. The van der Waals surface area contributed by atoms with Gasteiger partial charge in [-0.05, 0) is 26.3 Å². The summed E-state index contributed by atoms with van der Waals surface area (Å²) in [6, 6.07) is 2.34. The van der Waals surface area contributed by atoms with Crippen molar-refractivity contribution in [1.29, 1.82) is 5.26 Å². The van der Waals surface area contributed by atoms with Crippen molar-refractivity contribution < 1.29 is 4.74 Å². The molecule has 1 rings (SSSR count). The summed E-state index contributed by atoms with van der Waals surface area (Å²) >= 11 is 0. The van der Waals surface area contributed by atoms with E-state index in [1.807, 2.05) is 7.05 Å². The monoisotopic (exact) mass is 182 g/mol. The molecule has 0 heterocycles. The summed E-state index contributed by atoms with van der Waals surface area (Å²) < 4.78 is 5.62. The maximum atomic E-state index is 8.99. The number of rotatable bonds is 4. The number of nitrogens with zero attached hydrogens (tertiary/aromatic N) is 1. The molecule has 0 amide bonds. The molecule has 0 saturated heterocycles. The third-order valence-electron chi connectivity index (χ3n) is 2.72. The van der Waals surface area contributed by atoms with Crippen molar-refractivity contribution in [2.75, 3.05) is 13.7 Å². The first-order chi connectivity index (χ1) is 6.26. The normalized spacial score (nSPS) is 33.2. The number of nitriles is 1. The third-order valence-corrected chi connectivity index (χ3v) is 2.72. The zero-order chi connectivity index (χ0) is 9.73. The lowest BCUT2D eigenvalue weighted by Gasteiger charge is -2.19. The van der Waals surface area contributed by atoms with Crippen molar-refractivity contribution in [3.8, 4) is 6.07 Å². The Kier molecular flexibility index (Phi) is 3.71. The van der Waals surface area contributed by atoms with Gasteiger partial charge in [-0.3, -0.25) is 0 Å². The molecule has 1 N–H and O–H groups in total. The lowest BCUT2D eigenvalue weighted by atomic mass is 10.0. The standard InChI is InChI=1S/C10H18N2O/c1-3-6-13-9-4-5-10(7-9,8-11)12-2/h9,12H,3-7H2,1-2H3. The highest BCUT2D eigenvalue weighted by atomic mass is 16.5. The van der Waals surface area contributed by atoms with Crippen LogP contribution in [0.3, 0.4) is 0 Å². The average molecular weight is 182 g/mol. The van der Waals surface area contributed by atoms with Crippen LogP contribution >= 0.6 is 0 Å². The van der Waals surface area contributed by atoms with Gasteiger partial charge in [-0.1, -0.05) is 6.92 Å².